The number of amides is 1. The minimum absolute atomic E-state index is 0.00789. The number of benzene rings is 2. The molecular weight excluding hydrogens is 434 g/mol. The number of nitrogens with one attached hydrogen (secondary N) is 1. The molecule has 1 atom stereocenters. The summed E-state index contributed by atoms with van der Waals surface area (Å²) < 4.78 is 0. The Morgan fingerprint density at radius 1 is 0.914 bits per heavy atom. The lowest BCUT2D eigenvalue weighted by molar-refractivity contribution is -0.126. The van der Waals surface area contributed by atoms with Crippen LogP contribution >= 0.6 is 0 Å². The fourth-order valence-electron chi connectivity index (χ4n) is 5.15. The summed E-state index contributed by atoms with van der Waals surface area (Å²) in [7, 11) is 0. The first kappa shape index (κ1) is 23.5. The second-order valence-electron chi connectivity index (χ2n) is 9.97. The fraction of sp³-hybridized carbons (Fsp3) is 0.414. The summed E-state index contributed by atoms with van der Waals surface area (Å²) in [6.45, 7) is 6.70. The molecule has 3 aromatic rings. The SMILES string of the molecule is Cc1ccc(-c2cnc(N3CCC[C@@H](C(=O)NC4CCN(Cc5ccccc5)CC4)C3)nc2)cc1. The van der Waals surface area contributed by atoms with Gasteiger partial charge in [-0.05, 0) is 43.7 Å². The van der Waals surface area contributed by atoms with Crippen molar-refractivity contribution in [2.75, 3.05) is 31.1 Å². The number of hydrogen-bond donors (Lipinski definition) is 1. The molecule has 0 saturated carbocycles. The zero-order chi connectivity index (χ0) is 24.0. The van der Waals surface area contributed by atoms with Crippen molar-refractivity contribution in [3.63, 3.8) is 0 Å². The normalized spacial score (nSPS) is 19.5. The van der Waals surface area contributed by atoms with Gasteiger partial charge in [-0.3, -0.25) is 9.69 Å². The van der Waals surface area contributed by atoms with Gasteiger partial charge in [0.2, 0.25) is 11.9 Å². The van der Waals surface area contributed by atoms with Crippen LogP contribution in [-0.2, 0) is 11.3 Å². The van der Waals surface area contributed by atoms with E-state index in [1.807, 2.05) is 12.4 Å². The van der Waals surface area contributed by atoms with Gasteiger partial charge in [0.25, 0.3) is 0 Å². The lowest BCUT2D eigenvalue weighted by atomic mass is 9.96. The van der Waals surface area contributed by atoms with Gasteiger partial charge in [0.15, 0.2) is 0 Å². The Balaban J connectivity index is 1.11. The summed E-state index contributed by atoms with van der Waals surface area (Å²) in [6.07, 6.45) is 7.71. The maximum Gasteiger partial charge on any atom is 0.225 e. The van der Waals surface area contributed by atoms with Gasteiger partial charge in [0.05, 0.1) is 5.92 Å². The van der Waals surface area contributed by atoms with Gasteiger partial charge in [0, 0.05) is 56.7 Å². The Hall–Kier alpha value is -3.25. The first-order valence-electron chi connectivity index (χ1n) is 12.8. The van der Waals surface area contributed by atoms with Crippen LogP contribution in [0.1, 0.15) is 36.8 Å². The molecule has 0 radical (unpaired) electrons. The highest BCUT2D eigenvalue weighted by molar-refractivity contribution is 5.79. The number of carbonyl (C=O) groups is 1. The number of aryl methyl sites for hydroxylation is 1. The van der Waals surface area contributed by atoms with Gasteiger partial charge in [-0.15, -0.1) is 0 Å². The van der Waals surface area contributed by atoms with E-state index >= 15 is 0 Å². The van der Waals surface area contributed by atoms with E-state index in [2.05, 4.69) is 86.6 Å². The van der Waals surface area contributed by atoms with Crippen LogP contribution in [0.3, 0.4) is 0 Å². The third-order valence-electron chi connectivity index (χ3n) is 7.28. The number of anilines is 1. The molecule has 0 bridgehead atoms. The number of likely N-dealkylation sites (tertiary alicyclic amines) is 1. The lowest BCUT2D eigenvalue weighted by Gasteiger charge is -2.35. The van der Waals surface area contributed by atoms with Gasteiger partial charge in [-0.2, -0.15) is 0 Å². The number of hydrogen-bond acceptors (Lipinski definition) is 5. The quantitative estimate of drug-likeness (QED) is 0.578. The second kappa shape index (κ2) is 11.0. The molecule has 0 unspecified atom stereocenters. The van der Waals surface area contributed by atoms with Crippen molar-refractivity contribution in [2.45, 2.75) is 45.2 Å². The Morgan fingerprint density at radius 2 is 1.63 bits per heavy atom. The molecule has 0 aliphatic carbocycles. The van der Waals surface area contributed by atoms with Gasteiger partial charge in [0.1, 0.15) is 0 Å². The van der Waals surface area contributed by atoms with Crippen LogP contribution in [0.5, 0.6) is 0 Å². The van der Waals surface area contributed by atoms with E-state index in [4.69, 9.17) is 0 Å². The third-order valence-corrected chi connectivity index (χ3v) is 7.28. The van der Waals surface area contributed by atoms with Gasteiger partial charge in [-0.25, -0.2) is 9.97 Å². The highest BCUT2D eigenvalue weighted by Crippen LogP contribution is 2.24. The average Bonchev–Trinajstić information content (AvgIpc) is 2.91. The lowest BCUT2D eigenvalue weighted by Crippen LogP contribution is -2.49. The molecule has 3 heterocycles. The number of carbonyl (C=O) groups excluding carboxylic acids is 1. The molecular formula is C29H35N5O. The molecule has 2 aromatic carbocycles. The van der Waals surface area contributed by atoms with Crippen molar-refractivity contribution in [2.24, 2.45) is 5.92 Å². The van der Waals surface area contributed by atoms with Gasteiger partial charge < -0.3 is 10.2 Å². The summed E-state index contributed by atoms with van der Waals surface area (Å²) >= 11 is 0. The minimum Gasteiger partial charge on any atom is -0.353 e. The highest BCUT2D eigenvalue weighted by atomic mass is 16.2. The van der Waals surface area contributed by atoms with Crippen LogP contribution in [0.25, 0.3) is 11.1 Å². The zero-order valence-electron chi connectivity index (χ0n) is 20.6. The van der Waals surface area contributed by atoms with Crippen LogP contribution in [0.15, 0.2) is 67.0 Å². The van der Waals surface area contributed by atoms with E-state index in [1.54, 1.807) is 0 Å². The predicted molar refractivity (Wildman–Crippen MR) is 140 cm³/mol. The number of rotatable bonds is 6. The average molecular weight is 470 g/mol. The van der Waals surface area contributed by atoms with Crippen molar-refractivity contribution in [1.82, 2.24) is 20.2 Å². The second-order valence-corrected chi connectivity index (χ2v) is 9.97. The van der Waals surface area contributed by atoms with Gasteiger partial charge >= 0.3 is 0 Å². The smallest absolute Gasteiger partial charge is 0.225 e. The molecule has 2 aliphatic rings. The molecule has 5 rings (SSSR count). The predicted octanol–water partition coefficient (Wildman–Crippen LogP) is 4.45. The van der Waals surface area contributed by atoms with Gasteiger partial charge in [-0.1, -0.05) is 60.2 Å². The minimum atomic E-state index is -0.00789. The van der Waals surface area contributed by atoms with Crippen molar-refractivity contribution >= 4 is 11.9 Å². The first-order valence-corrected chi connectivity index (χ1v) is 12.8. The van der Waals surface area contributed by atoms with Crippen LogP contribution in [0.4, 0.5) is 5.95 Å². The van der Waals surface area contributed by atoms with Crippen LogP contribution in [0, 0.1) is 12.8 Å². The topological polar surface area (TPSA) is 61.4 Å². The Kier molecular flexibility index (Phi) is 7.38. The van der Waals surface area contributed by atoms with E-state index in [1.165, 1.54) is 11.1 Å². The highest BCUT2D eigenvalue weighted by Gasteiger charge is 2.29. The van der Waals surface area contributed by atoms with Crippen LogP contribution in [0.2, 0.25) is 0 Å². The van der Waals surface area contributed by atoms with E-state index in [0.717, 1.165) is 63.0 Å². The van der Waals surface area contributed by atoms with Crippen molar-refractivity contribution < 1.29 is 4.79 Å². The number of piperidine rings is 2. The molecule has 2 aliphatic heterocycles. The fourth-order valence-corrected chi connectivity index (χ4v) is 5.15. The van der Waals surface area contributed by atoms with Crippen molar-refractivity contribution in [1.29, 1.82) is 0 Å². The number of aromatic nitrogens is 2. The molecule has 2 fully saturated rings. The van der Waals surface area contributed by atoms with E-state index in [-0.39, 0.29) is 17.9 Å². The summed E-state index contributed by atoms with van der Waals surface area (Å²) in [5.74, 6) is 0.895. The largest absolute Gasteiger partial charge is 0.353 e. The molecule has 0 spiro atoms. The number of nitrogens with zero attached hydrogens (tertiary/aromatic N) is 4. The molecule has 182 valence electrons. The molecule has 35 heavy (non-hydrogen) atoms. The first-order chi connectivity index (χ1) is 17.1. The van der Waals surface area contributed by atoms with Crippen molar-refractivity contribution in [3.05, 3.63) is 78.1 Å². The molecule has 6 heteroatoms. The Morgan fingerprint density at radius 3 is 2.34 bits per heavy atom. The molecule has 1 N–H and O–H groups in total. The summed E-state index contributed by atoms with van der Waals surface area (Å²) in [6, 6.07) is 19.3. The maximum absolute atomic E-state index is 13.1. The third kappa shape index (κ3) is 6.06. The summed E-state index contributed by atoms with van der Waals surface area (Å²) in [5, 5.41) is 3.35. The van der Waals surface area contributed by atoms with Crippen LogP contribution < -0.4 is 10.2 Å². The molecule has 6 nitrogen and oxygen atoms in total. The zero-order valence-corrected chi connectivity index (χ0v) is 20.6. The van der Waals surface area contributed by atoms with Crippen molar-refractivity contribution in [3.8, 4) is 11.1 Å². The van der Waals surface area contributed by atoms with E-state index < -0.39 is 0 Å². The standard InChI is InChI=1S/C29H35N5O/c1-22-9-11-24(12-10-22)26-18-30-29(31-19-26)34-15-5-8-25(21-34)28(35)32-27-13-16-33(17-14-27)20-23-6-3-2-4-7-23/h2-4,6-7,9-12,18-19,25,27H,5,8,13-17,20-21H2,1H3,(H,32,35)/t25-/m1/s1. The molecule has 1 aromatic heterocycles. The summed E-state index contributed by atoms with van der Waals surface area (Å²) in [5.41, 5.74) is 4.72. The Bertz CT molecular complexity index is 1090. The molecule has 2 saturated heterocycles. The molecule has 1 amide bonds. The van der Waals surface area contributed by atoms with E-state index in [0.29, 0.717) is 12.5 Å². The Labute approximate surface area is 208 Å². The van der Waals surface area contributed by atoms with Crippen LogP contribution in [-0.4, -0.2) is 53.0 Å². The van der Waals surface area contributed by atoms with E-state index in [9.17, 15) is 4.79 Å². The monoisotopic (exact) mass is 469 g/mol. The maximum atomic E-state index is 13.1. The summed E-state index contributed by atoms with van der Waals surface area (Å²) in [4.78, 5) is 27.0.